The van der Waals surface area contributed by atoms with Gasteiger partial charge in [-0.25, -0.2) is 4.39 Å². The Morgan fingerprint density at radius 2 is 1.91 bits per heavy atom. The summed E-state index contributed by atoms with van der Waals surface area (Å²) >= 11 is 0. The molecule has 1 aliphatic rings. The lowest BCUT2D eigenvalue weighted by molar-refractivity contribution is 0.402. The van der Waals surface area contributed by atoms with Gasteiger partial charge < -0.3 is 10.4 Å². The van der Waals surface area contributed by atoms with Gasteiger partial charge in [0.25, 0.3) is 0 Å². The minimum absolute atomic E-state index is 0.00570. The van der Waals surface area contributed by atoms with Gasteiger partial charge in [0.2, 0.25) is 0 Å². The van der Waals surface area contributed by atoms with Crippen LogP contribution in [0.1, 0.15) is 32.3 Å². The van der Waals surface area contributed by atoms with Gasteiger partial charge in [-0.15, -0.1) is 0 Å². The zero-order valence-corrected chi connectivity index (χ0v) is 19.4. The number of rotatable bonds is 4. The lowest BCUT2D eigenvalue weighted by Gasteiger charge is -2.17. The van der Waals surface area contributed by atoms with E-state index < -0.39 is 5.82 Å². The molecule has 1 aromatic carbocycles. The first-order valence-corrected chi connectivity index (χ1v) is 11.2. The number of aliphatic imine (C=N–C) groups is 1. The van der Waals surface area contributed by atoms with Gasteiger partial charge in [-0.05, 0) is 86.3 Å². The number of allylic oxidation sites excluding steroid dienone is 2. The Balaban J connectivity index is 0.000000374. The Bertz CT molecular complexity index is 1120. The average Bonchev–Trinajstić information content (AvgIpc) is 2.85. The van der Waals surface area contributed by atoms with Crippen LogP contribution in [0.15, 0.2) is 66.1 Å². The molecule has 2 N–H and O–H groups in total. The summed E-state index contributed by atoms with van der Waals surface area (Å²) in [6.07, 6.45) is 11.6. The van der Waals surface area contributed by atoms with E-state index in [0.717, 1.165) is 28.2 Å². The number of phenols is 1. The minimum Gasteiger partial charge on any atom is -0.508 e. The number of pyridine rings is 2. The normalized spacial score (nSPS) is 14.7. The molecule has 1 aliphatic heterocycles. The van der Waals surface area contributed by atoms with E-state index in [0.29, 0.717) is 5.69 Å². The number of phenolic OH excluding ortho intramolecular Hbond substituents is 1. The highest BCUT2D eigenvalue weighted by molar-refractivity contribution is 6.09. The summed E-state index contributed by atoms with van der Waals surface area (Å²) < 4.78 is 14.1. The molecule has 0 unspecified atom stereocenters. The highest BCUT2D eigenvalue weighted by atomic mass is 19.1. The van der Waals surface area contributed by atoms with Crippen LogP contribution in [0, 0.1) is 11.7 Å². The Kier molecular flexibility index (Phi) is 8.84. The summed E-state index contributed by atoms with van der Waals surface area (Å²) in [4.78, 5) is 12.6. The third-order valence-corrected chi connectivity index (χ3v) is 5.60. The number of nitrogens with zero attached hydrogens (tertiary/aromatic N) is 3. The summed E-state index contributed by atoms with van der Waals surface area (Å²) in [7, 11) is 1.72. The fourth-order valence-corrected chi connectivity index (χ4v) is 3.64. The number of hydrogen-bond acceptors (Lipinski definition) is 5. The van der Waals surface area contributed by atoms with E-state index in [2.05, 4.69) is 27.2 Å². The predicted molar refractivity (Wildman–Crippen MR) is 134 cm³/mol. The van der Waals surface area contributed by atoms with Gasteiger partial charge in [0, 0.05) is 48.5 Å². The van der Waals surface area contributed by atoms with Gasteiger partial charge in [0.1, 0.15) is 11.6 Å². The van der Waals surface area contributed by atoms with Crippen molar-refractivity contribution in [3.8, 4) is 28.1 Å². The Morgan fingerprint density at radius 3 is 2.58 bits per heavy atom. The molecule has 2 aromatic heterocycles. The average molecular weight is 447 g/mol. The number of hydrogen-bond donors (Lipinski definition) is 2. The summed E-state index contributed by atoms with van der Waals surface area (Å²) in [6.45, 7) is 6.74. The van der Waals surface area contributed by atoms with Crippen LogP contribution in [0.2, 0.25) is 0 Å². The second-order valence-electron chi connectivity index (χ2n) is 8.12. The van der Waals surface area contributed by atoms with Gasteiger partial charge in [-0.1, -0.05) is 13.0 Å². The zero-order chi connectivity index (χ0) is 23.6. The van der Waals surface area contributed by atoms with E-state index in [9.17, 15) is 9.50 Å². The zero-order valence-electron chi connectivity index (χ0n) is 19.4. The van der Waals surface area contributed by atoms with Crippen LogP contribution in [-0.2, 0) is 0 Å². The number of halogens is 1. The number of piperidine rings is 1. The first-order chi connectivity index (χ1) is 16.0. The number of benzene rings is 1. The van der Waals surface area contributed by atoms with Crippen molar-refractivity contribution in [1.29, 1.82) is 0 Å². The number of aromatic hydroxyl groups is 1. The smallest absolute Gasteiger partial charge is 0.132 e. The molecular formula is C27H31FN4O. The van der Waals surface area contributed by atoms with Crippen LogP contribution >= 0.6 is 0 Å². The van der Waals surface area contributed by atoms with E-state index >= 15 is 0 Å². The lowest BCUT2D eigenvalue weighted by atomic mass is 10.0. The van der Waals surface area contributed by atoms with E-state index in [1.165, 1.54) is 44.1 Å². The Hall–Kier alpha value is -3.38. The SMILES string of the molecule is C/C=C(\C=NC)c1cncc(-c2ccnc(-c3cc(O)ccc3F)c2)c1.CC1CCNCC1. The number of aromatic nitrogens is 2. The fourth-order valence-electron chi connectivity index (χ4n) is 3.64. The molecule has 33 heavy (non-hydrogen) atoms. The molecule has 6 heteroatoms. The molecule has 0 radical (unpaired) electrons. The van der Waals surface area contributed by atoms with Gasteiger partial charge in [0.15, 0.2) is 0 Å². The van der Waals surface area contributed by atoms with E-state index in [1.807, 2.05) is 25.1 Å². The maximum absolute atomic E-state index is 14.1. The fraction of sp³-hybridized carbons (Fsp3) is 0.296. The highest BCUT2D eigenvalue weighted by Crippen LogP contribution is 2.29. The first kappa shape index (κ1) is 24.3. The molecule has 0 bridgehead atoms. The first-order valence-electron chi connectivity index (χ1n) is 11.2. The van der Waals surface area contributed by atoms with Crippen LogP contribution in [0.25, 0.3) is 28.0 Å². The maximum Gasteiger partial charge on any atom is 0.132 e. The lowest BCUT2D eigenvalue weighted by Crippen LogP contribution is -2.26. The van der Waals surface area contributed by atoms with Crippen LogP contribution in [-0.4, -0.2) is 41.4 Å². The number of nitrogens with one attached hydrogen (secondary N) is 1. The molecule has 3 heterocycles. The molecule has 0 atom stereocenters. The molecule has 0 aliphatic carbocycles. The molecule has 172 valence electrons. The van der Waals surface area contributed by atoms with E-state index in [1.54, 1.807) is 37.9 Å². The van der Waals surface area contributed by atoms with Crippen LogP contribution in [0.4, 0.5) is 4.39 Å². The van der Waals surface area contributed by atoms with Crippen molar-refractivity contribution < 1.29 is 9.50 Å². The molecule has 1 saturated heterocycles. The highest BCUT2D eigenvalue weighted by Gasteiger charge is 2.10. The van der Waals surface area contributed by atoms with Gasteiger partial charge in [-0.3, -0.25) is 15.0 Å². The molecule has 0 spiro atoms. The third-order valence-electron chi connectivity index (χ3n) is 5.60. The Morgan fingerprint density at radius 1 is 1.12 bits per heavy atom. The van der Waals surface area contributed by atoms with E-state index in [-0.39, 0.29) is 11.3 Å². The van der Waals surface area contributed by atoms with Crippen LogP contribution in [0.5, 0.6) is 5.75 Å². The Labute approximate surface area is 195 Å². The topological polar surface area (TPSA) is 70.4 Å². The second kappa shape index (κ2) is 12.0. The third kappa shape index (κ3) is 6.80. The van der Waals surface area contributed by atoms with Crippen molar-refractivity contribution in [2.45, 2.75) is 26.7 Å². The summed E-state index contributed by atoms with van der Waals surface area (Å²) in [6, 6.07) is 9.53. The van der Waals surface area contributed by atoms with Crippen molar-refractivity contribution in [3.63, 3.8) is 0 Å². The van der Waals surface area contributed by atoms with Crippen LogP contribution < -0.4 is 5.32 Å². The summed E-state index contributed by atoms with van der Waals surface area (Å²) in [5.74, 6) is 0.532. The largest absolute Gasteiger partial charge is 0.508 e. The molecule has 0 saturated carbocycles. The minimum atomic E-state index is -0.435. The van der Waals surface area contributed by atoms with Crippen molar-refractivity contribution in [1.82, 2.24) is 15.3 Å². The van der Waals surface area contributed by atoms with Crippen molar-refractivity contribution in [3.05, 3.63) is 72.4 Å². The predicted octanol–water partition coefficient (Wildman–Crippen LogP) is 5.77. The quantitative estimate of drug-likeness (QED) is 0.500. The molecule has 0 amide bonds. The molecule has 5 nitrogen and oxygen atoms in total. The van der Waals surface area contributed by atoms with E-state index in [4.69, 9.17) is 0 Å². The molecular weight excluding hydrogens is 415 g/mol. The molecule has 4 rings (SSSR count). The second-order valence-corrected chi connectivity index (χ2v) is 8.12. The van der Waals surface area contributed by atoms with Crippen molar-refractivity contribution in [2.75, 3.05) is 20.1 Å². The van der Waals surface area contributed by atoms with Gasteiger partial charge in [0.05, 0.1) is 5.69 Å². The maximum atomic E-state index is 14.1. The van der Waals surface area contributed by atoms with Crippen molar-refractivity contribution in [2.24, 2.45) is 10.9 Å². The van der Waals surface area contributed by atoms with Crippen LogP contribution in [0.3, 0.4) is 0 Å². The molecule has 3 aromatic rings. The van der Waals surface area contributed by atoms with Gasteiger partial charge >= 0.3 is 0 Å². The summed E-state index contributed by atoms with van der Waals surface area (Å²) in [5.41, 5.74) is 4.35. The standard InChI is InChI=1S/C21H18FN3O.C6H13N/c1-3-14(11-23-2)16-8-17(13-24-12-16)15-6-7-25-21(9-15)19-10-18(26)4-5-20(19)22;1-6-2-4-7-5-3-6/h3-13,26H,1-2H3;6-7H,2-5H2,1H3/b14-3+,23-11?;. The molecule has 1 fully saturated rings. The summed E-state index contributed by atoms with van der Waals surface area (Å²) in [5, 5.41) is 13.0. The van der Waals surface area contributed by atoms with Gasteiger partial charge in [-0.2, -0.15) is 0 Å². The van der Waals surface area contributed by atoms with Crippen molar-refractivity contribution >= 4 is 11.8 Å². The monoisotopic (exact) mass is 446 g/mol.